The van der Waals surface area contributed by atoms with Gasteiger partial charge in [-0.05, 0) is 31.6 Å². The van der Waals surface area contributed by atoms with E-state index in [9.17, 15) is 13.2 Å². The van der Waals surface area contributed by atoms with Crippen LogP contribution >= 0.6 is 11.6 Å². The van der Waals surface area contributed by atoms with Gasteiger partial charge in [-0.25, -0.2) is 0 Å². The maximum Gasteiger partial charge on any atom is 0.416 e. The molecule has 21 heavy (non-hydrogen) atoms. The van der Waals surface area contributed by atoms with Crippen LogP contribution in [-0.4, -0.2) is 29.9 Å². The number of likely N-dealkylation sites (tertiary alicyclic amines) is 1. The van der Waals surface area contributed by atoms with Crippen LogP contribution in [0.25, 0.3) is 0 Å². The standard InChI is InChI=1S/C9H16ClN.C7H5F3/c1-7(2-3-10)11-5-8-4-9(8)6-11;8-7(9,10)6-4-2-1-3-5-6/h7-9H,2-6H2,1H3;1-5H. The van der Waals surface area contributed by atoms with Gasteiger partial charge in [-0.1, -0.05) is 30.3 Å². The van der Waals surface area contributed by atoms with Crippen molar-refractivity contribution >= 4 is 11.6 Å². The molecule has 1 aromatic rings. The van der Waals surface area contributed by atoms with E-state index in [0.717, 1.165) is 42.3 Å². The highest BCUT2D eigenvalue weighted by Crippen LogP contribution is 2.45. The van der Waals surface area contributed by atoms with Crippen molar-refractivity contribution in [3.63, 3.8) is 0 Å². The smallest absolute Gasteiger partial charge is 0.300 e. The van der Waals surface area contributed by atoms with Gasteiger partial charge in [0, 0.05) is 25.0 Å². The first-order valence-electron chi connectivity index (χ1n) is 7.34. The molecule has 118 valence electrons. The fourth-order valence-electron chi connectivity index (χ4n) is 2.76. The monoisotopic (exact) mass is 319 g/mol. The lowest BCUT2D eigenvalue weighted by molar-refractivity contribution is -0.137. The highest BCUT2D eigenvalue weighted by Gasteiger charge is 2.45. The van der Waals surface area contributed by atoms with Crippen molar-refractivity contribution in [1.29, 1.82) is 0 Å². The minimum atomic E-state index is -4.21. The summed E-state index contributed by atoms with van der Waals surface area (Å²) in [6.07, 6.45) is -1.55. The number of hydrogen-bond donors (Lipinski definition) is 0. The third kappa shape index (κ3) is 4.89. The zero-order valence-corrected chi connectivity index (χ0v) is 12.9. The van der Waals surface area contributed by atoms with Gasteiger partial charge >= 0.3 is 6.18 Å². The van der Waals surface area contributed by atoms with Gasteiger partial charge in [0.1, 0.15) is 0 Å². The van der Waals surface area contributed by atoms with Crippen LogP contribution in [0.5, 0.6) is 0 Å². The van der Waals surface area contributed by atoms with Crippen molar-refractivity contribution in [3.05, 3.63) is 35.9 Å². The average molecular weight is 320 g/mol. The average Bonchev–Trinajstić information content (AvgIpc) is 3.06. The lowest BCUT2D eigenvalue weighted by Crippen LogP contribution is -2.32. The van der Waals surface area contributed by atoms with Crippen LogP contribution in [0.3, 0.4) is 0 Å². The number of benzene rings is 1. The Morgan fingerprint density at radius 1 is 1.19 bits per heavy atom. The van der Waals surface area contributed by atoms with Crippen LogP contribution in [0.1, 0.15) is 25.3 Å². The molecule has 1 heterocycles. The minimum absolute atomic E-state index is 0.602. The molecule has 3 atom stereocenters. The van der Waals surface area contributed by atoms with Crippen molar-refractivity contribution < 1.29 is 13.2 Å². The van der Waals surface area contributed by atoms with E-state index >= 15 is 0 Å². The van der Waals surface area contributed by atoms with Crippen molar-refractivity contribution in [3.8, 4) is 0 Å². The number of halogens is 4. The Hall–Kier alpha value is -0.740. The molecule has 0 aromatic heterocycles. The highest BCUT2D eigenvalue weighted by molar-refractivity contribution is 6.17. The SMILES string of the molecule is CC(CCCl)N1CC2CC2C1.FC(F)(F)c1ccccc1. The van der Waals surface area contributed by atoms with E-state index in [0.29, 0.717) is 0 Å². The van der Waals surface area contributed by atoms with Crippen LogP contribution in [0, 0.1) is 11.8 Å². The predicted molar refractivity (Wildman–Crippen MR) is 79.4 cm³/mol. The van der Waals surface area contributed by atoms with Crippen LogP contribution in [0.4, 0.5) is 13.2 Å². The largest absolute Gasteiger partial charge is 0.416 e. The fraction of sp³-hybridized carbons (Fsp3) is 0.625. The number of alkyl halides is 4. The second-order valence-electron chi connectivity index (χ2n) is 5.90. The number of piperidine rings is 1. The van der Waals surface area contributed by atoms with Gasteiger partial charge in [-0.15, -0.1) is 11.6 Å². The summed E-state index contributed by atoms with van der Waals surface area (Å²) in [7, 11) is 0. The Morgan fingerprint density at radius 3 is 2.19 bits per heavy atom. The Kier molecular flexibility index (Phi) is 5.55. The van der Waals surface area contributed by atoms with Crippen LogP contribution < -0.4 is 0 Å². The molecular formula is C16H21ClF3N. The first kappa shape index (κ1) is 16.6. The molecule has 2 aliphatic rings. The third-order valence-corrected chi connectivity index (χ3v) is 4.48. The third-order valence-electron chi connectivity index (χ3n) is 4.26. The molecule has 3 unspecified atom stereocenters. The second-order valence-corrected chi connectivity index (χ2v) is 6.28. The minimum Gasteiger partial charge on any atom is -0.300 e. The fourth-order valence-corrected chi connectivity index (χ4v) is 3.08. The summed E-state index contributed by atoms with van der Waals surface area (Å²) < 4.78 is 35.4. The molecule has 1 saturated heterocycles. The van der Waals surface area contributed by atoms with Gasteiger partial charge in [-0.3, -0.25) is 0 Å². The van der Waals surface area contributed by atoms with E-state index in [-0.39, 0.29) is 0 Å². The van der Waals surface area contributed by atoms with Crippen molar-refractivity contribution in [1.82, 2.24) is 4.90 Å². The molecule has 0 amide bonds. The molecule has 0 radical (unpaired) electrons. The number of nitrogens with zero attached hydrogens (tertiary/aromatic N) is 1. The lowest BCUT2D eigenvalue weighted by Gasteiger charge is -2.24. The van der Waals surface area contributed by atoms with Crippen molar-refractivity contribution in [2.24, 2.45) is 11.8 Å². The van der Waals surface area contributed by atoms with Crippen LogP contribution in [0.2, 0.25) is 0 Å². The number of fused-ring (bicyclic) bond motifs is 1. The lowest BCUT2D eigenvalue weighted by atomic mass is 10.2. The van der Waals surface area contributed by atoms with Crippen molar-refractivity contribution in [2.45, 2.75) is 32.0 Å². The summed E-state index contributed by atoms with van der Waals surface area (Å²) in [4.78, 5) is 2.60. The Balaban J connectivity index is 0.000000155. The summed E-state index contributed by atoms with van der Waals surface area (Å²) in [6.45, 7) is 5.00. The molecule has 1 saturated carbocycles. The van der Waals surface area contributed by atoms with Crippen molar-refractivity contribution in [2.75, 3.05) is 19.0 Å². The van der Waals surface area contributed by atoms with Crippen LogP contribution in [0.15, 0.2) is 30.3 Å². The molecule has 0 N–H and O–H groups in total. The van der Waals surface area contributed by atoms with E-state index in [1.54, 1.807) is 6.07 Å². The first-order valence-corrected chi connectivity index (χ1v) is 7.87. The zero-order chi connectivity index (χ0) is 15.5. The van der Waals surface area contributed by atoms with Gasteiger partial charge < -0.3 is 4.90 Å². The van der Waals surface area contributed by atoms with Gasteiger partial charge in [0.05, 0.1) is 5.56 Å². The molecule has 1 aromatic carbocycles. The van der Waals surface area contributed by atoms with E-state index in [4.69, 9.17) is 11.6 Å². The van der Waals surface area contributed by atoms with E-state index < -0.39 is 11.7 Å². The van der Waals surface area contributed by atoms with Crippen LogP contribution in [-0.2, 0) is 6.18 Å². The summed E-state index contributed by atoms with van der Waals surface area (Å²) in [5.74, 6) is 2.94. The second kappa shape index (κ2) is 7.01. The molecule has 3 rings (SSSR count). The Labute approximate surface area is 129 Å². The molecule has 0 spiro atoms. The number of hydrogen-bond acceptors (Lipinski definition) is 1. The summed E-state index contributed by atoms with van der Waals surface area (Å²) in [5, 5.41) is 0. The summed E-state index contributed by atoms with van der Waals surface area (Å²) in [6, 6.07) is 7.08. The van der Waals surface area contributed by atoms with E-state index in [1.807, 2.05) is 0 Å². The molecule has 1 aliphatic carbocycles. The molecule has 1 nitrogen and oxygen atoms in total. The maximum absolute atomic E-state index is 11.8. The highest BCUT2D eigenvalue weighted by atomic mass is 35.5. The molecule has 5 heteroatoms. The Morgan fingerprint density at radius 2 is 1.76 bits per heavy atom. The molecule has 0 bridgehead atoms. The summed E-state index contributed by atoms with van der Waals surface area (Å²) in [5.41, 5.74) is -0.602. The first-order chi connectivity index (χ1) is 9.91. The van der Waals surface area contributed by atoms with Gasteiger partial charge in [0.15, 0.2) is 0 Å². The van der Waals surface area contributed by atoms with Gasteiger partial charge in [0.2, 0.25) is 0 Å². The molecular weight excluding hydrogens is 299 g/mol. The normalized spacial score (nSPS) is 25.8. The van der Waals surface area contributed by atoms with Gasteiger partial charge in [-0.2, -0.15) is 13.2 Å². The summed E-state index contributed by atoms with van der Waals surface area (Å²) >= 11 is 5.70. The quantitative estimate of drug-likeness (QED) is 0.732. The zero-order valence-electron chi connectivity index (χ0n) is 12.1. The van der Waals surface area contributed by atoms with E-state index in [1.165, 1.54) is 31.6 Å². The molecule has 1 aliphatic heterocycles. The van der Waals surface area contributed by atoms with E-state index in [2.05, 4.69) is 11.8 Å². The predicted octanol–water partition coefficient (Wildman–Crippen LogP) is 4.66. The topological polar surface area (TPSA) is 3.24 Å². The Bertz CT molecular complexity index is 425. The van der Waals surface area contributed by atoms with Gasteiger partial charge in [0.25, 0.3) is 0 Å². The molecule has 2 fully saturated rings. The number of rotatable bonds is 3. The maximum atomic E-state index is 11.8.